The first-order chi connectivity index (χ1) is 14.6. The van der Waals surface area contributed by atoms with Crippen LogP contribution in [0.2, 0.25) is 5.02 Å². The van der Waals surface area contributed by atoms with Gasteiger partial charge in [-0.2, -0.15) is 0 Å². The Balaban J connectivity index is 1.67. The number of carboxylic acid groups (broad SMARTS) is 1. The maximum Gasteiger partial charge on any atom is 0.407 e. The number of nitrogens with zero attached hydrogens (tertiary/aromatic N) is 2. The van der Waals surface area contributed by atoms with Crippen LogP contribution in [-0.4, -0.2) is 60.7 Å². The summed E-state index contributed by atoms with van der Waals surface area (Å²) in [5, 5.41) is 11.6. The van der Waals surface area contributed by atoms with Gasteiger partial charge in [-0.05, 0) is 18.2 Å². The number of hydrogen-bond acceptors (Lipinski definition) is 5. The van der Waals surface area contributed by atoms with Crippen LogP contribution in [-0.2, 0) is 17.1 Å². The second-order valence-corrected chi connectivity index (χ2v) is 9.44. The van der Waals surface area contributed by atoms with E-state index in [1.165, 1.54) is 29.9 Å². The number of benzene rings is 1. The van der Waals surface area contributed by atoms with Crippen molar-refractivity contribution in [1.29, 1.82) is 0 Å². The van der Waals surface area contributed by atoms with Crippen molar-refractivity contribution in [1.82, 2.24) is 14.2 Å². The molecular formula is C18H18ClFN4O6S. The summed E-state index contributed by atoms with van der Waals surface area (Å²) >= 11 is 5.74. The smallest absolute Gasteiger partial charge is 0.407 e. The highest BCUT2D eigenvalue weighted by molar-refractivity contribution is 7.89. The van der Waals surface area contributed by atoms with Crippen molar-refractivity contribution < 1.29 is 32.2 Å². The average Bonchev–Trinajstić information content (AvgIpc) is 3.22. The lowest BCUT2D eigenvalue weighted by Crippen LogP contribution is -2.43. The van der Waals surface area contributed by atoms with Gasteiger partial charge in [0.1, 0.15) is 10.7 Å². The quantitative estimate of drug-likeness (QED) is 0.610. The Hall–Kier alpha value is -2.83. The number of nitrogens with one attached hydrogen (secondary N) is 2. The lowest BCUT2D eigenvalue weighted by molar-refractivity contribution is 0.101. The van der Waals surface area contributed by atoms with Crippen LogP contribution in [0.3, 0.4) is 0 Å². The first-order valence-corrected chi connectivity index (χ1v) is 11.0. The van der Waals surface area contributed by atoms with Gasteiger partial charge in [0.05, 0.1) is 11.6 Å². The molecule has 2 aliphatic heterocycles. The number of likely N-dealkylation sites (tertiary alicyclic amines) is 1. The third-order valence-electron chi connectivity index (χ3n) is 5.24. The Bertz CT molecular complexity index is 1180. The van der Waals surface area contributed by atoms with E-state index in [-0.39, 0.29) is 46.7 Å². The average molecular weight is 473 g/mol. The molecular weight excluding hydrogens is 455 g/mol. The monoisotopic (exact) mass is 472 g/mol. The summed E-state index contributed by atoms with van der Waals surface area (Å²) in [6.45, 7) is 0.111. The summed E-state index contributed by atoms with van der Waals surface area (Å²) in [6.07, 6.45) is 0.0939. The Labute approximate surface area is 181 Å². The van der Waals surface area contributed by atoms with Gasteiger partial charge in [0.2, 0.25) is 10.0 Å². The van der Waals surface area contributed by atoms with Gasteiger partial charge < -0.3 is 24.6 Å². The van der Waals surface area contributed by atoms with Crippen molar-refractivity contribution in [3.8, 4) is 5.75 Å². The van der Waals surface area contributed by atoms with E-state index in [1.54, 1.807) is 0 Å². The number of halogens is 2. The van der Waals surface area contributed by atoms with E-state index >= 15 is 0 Å². The van der Waals surface area contributed by atoms with Crippen LogP contribution in [0.25, 0.3) is 0 Å². The summed E-state index contributed by atoms with van der Waals surface area (Å²) in [5.74, 6) is -1.90. The number of amides is 2. The standard InChI is InChI=1S/C18H18ClFN4O6S/c1-23-7-14-16(15(23)17(25)21-10-2-3-12(20)11(19)4-10)30-8-9-5-24(18(26)27)6-13(9)22-31(14,28)29/h2-4,7,9,13,22H,5-6,8H2,1H3,(H,21,25)(H,26,27). The summed E-state index contributed by atoms with van der Waals surface area (Å²) in [7, 11) is -2.60. The van der Waals surface area contributed by atoms with Crippen molar-refractivity contribution in [2.45, 2.75) is 10.9 Å². The molecule has 1 aromatic heterocycles. The van der Waals surface area contributed by atoms with Crippen molar-refractivity contribution >= 4 is 39.3 Å². The number of rotatable bonds is 2. The summed E-state index contributed by atoms with van der Waals surface area (Å²) in [5.41, 5.74) is 0.151. The molecule has 4 rings (SSSR count). The molecule has 2 amide bonds. The minimum Gasteiger partial charge on any atom is -0.489 e. The molecule has 2 aliphatic rings. The fourth-order valence-corrected chi connectivity index (χ4v) is 5.39. The molecule has 0 saturated carbocycles. The van der Waals surface area contributed by atoms with E-state index in [1.807, 2.05) is 0 Å². The van der Waals surface area contributed by atoms with E-state index in [9.17, 15) is 27.5 Å². The second-order valence-electron chi connectivity index (χ2n) is 7.35. The number of ether oxygens (including phenoxy) is 1. The zero-order valence-electron chi connectivity index (χ0n) is 16.1. The molecule has 3 heterocycles. The summed E-state index contributed by atoms with van der Waals surface area (Å²) in [6, 6.07) is 2.99. The molecule has 0 aliphatic carbocycles. The van der Waals surface area contributed by atoms with E-state index in [0.717, 1.165) is 11.0 Å². The van der Waals surface area contributed by atoms with Crippen LogP contribution in [0.15, 0.2) is 29.3 Å². The molecule has 166 valence electrons. The molecule has 2 atom stereocenters. The Morgan fingerprint density at radius 2 is 2.10 bits per heavy atom. The first-order valence-electron chi connectivity index (χ1n) is 9.15. The number of aryl methyl sites for hydroxylation is 1. The minimum absolute atomic E-state index is 0.00340. The van der Waals surface area contributed by atoms with Crippen molar-refractivity contribution in [3.05, 3.63) is 40.9 Å². The highest BCUT2D eigenvalue weighted by Crippen LogP contribution is 2.34. The number of anilines is 1. The number of sulfonamides is 1. The Morgan fingerprint density at radius 3 is 2.77 bits per heavy atom. The minimum atomic E-state index is -4.09. The molecule has 10 nitrogen and oxygen atoms in total. The van der Waals surface area contributed by atoms with Crippen LogP contribution >= 0.6 is 11.6 Å². The molecule has 1 fully saturated rings. The molecule has 2 aromatic rings. The predicted octanol–water partition coefficient (Wildman–Crippen LogP) is 1.72. The van der Waals surface area contributed by atoms with E-state index in [4.69, 9.17) is 16.3 Å². The Kier molecular flexibility index (Phi) is 5.31. The van der Waals surface area contributed by atoms with Crippen molar-refractivity contribution in [3.63, 3.8) is 0 Å². The summed E-state index contributed by atoms with van der Waals surface area (Å²) < 4.78 is 48.8. The molecule has 13 heteroatoms. The number of carbonyl (C=O) groups is 2. The molecule has 31 heavy (non-hydrogen) atoms. The van der Waals surface area contributed by atoms with Gasteiger partial charge in [-0.25, -0.2) is 22.3 Å². The van der Waals surface area contributed by atoms with Gasteiger partial charge in [0.15, 0.2) is 11.4 Å². The fourth-order valence-electron chi connectivity index (χ4n) is 3.72. The van der Waals surface area contributed by atoms with Gasteiger partial charge in [-0.3, -0.25) is 4.79 Å². The predicted molar refractivity (Wildman–Crippen MR) is 107 cm³/mol. The Morgan fingerprint density at radius 1 is 1.35 bits per heavy atom. The van der Waals surface area contributed by atoms with Crippen LogP contribution < -0.4 is 14.8 Å². The molecule has 2 unspecified atom stereocenters. The van der Waals surface area contributed by atoms with Crippen LogP contribution in [0.4, 0.5) is 14.9 Å². The molecule has 1 aromatic carbocycles. The first kappa shape index (κ1) is 21.4. The lowest BCUT2D eigenvalue weighted by atomic mass is 10.1. The van der Waals surface area contributed by atoms with Crippen LogP contribution in [0.1, 0.15) is 10.5 Å². The van der Waals surface area contributed by atoms with E-state index in [0.29, 0.717) is 0 Å². The van der Waals surface area contributed by atoms with Crippen molar-refractivity contribution in [2.75, 3.05) is 25.0 Å². The number of hydrogen-bond donors (Lipinski definition) is 3. The third kappa shape index (κ3) is 3.93. The van der Waals surface area contributed by atoms with E-state index in [2.05, 4.69) is 10.0 Å². The summed E-state index contributed by atoms with van der Waals surface area (Å²) in [4.78, 5) is 25.0. The van der Waals surface area contributed by atoms with Gasteiger partial charge in [0, 0.05) is 44.0 Å². The molecule has 0 bridgehead atoms. The molecule has 1 saturated heterocycles. The maximum absolute atomic E-state index is 13.4. The van der Waals surface area contributed by atoms with Crippen LogP contribution in [0.5, 0.6) is 5.75 Å². The SMILES string of the molecule is Cn1cc2c(c1C(=O)Nc1ccc(F)c(Cl)c1)OCC1CN(C(=O)O)CC1NS2(=O)=O. The van der Waals surface area contributed by atoms with Gasteiger partial charge in [-0.15, -0.1) is 0 Å². The zero-order chi connectivity index (χ0) is 22.5. The lowest BCUT2D eigenvalue weighted by Gasteiger charge is -2.23. The van der Waals surface area contributed by atoms with Gasteiger partial charge in [0.25, 0.3) is 5.91 Å². The zero-order valence-corrected chi connectivity index (χ0v) is 17.7. The molecule has 0 radical (unpaired) electrons. The van der Waals surface area contributed by atoms with E-state index < -0.39 is 39.8 Å². The topological polar surface area (TPSA) is 130 Å². The van der Waals surface area contributed by atoms with Crippen molar-refractivity contribution in [2.24, 2.45) is 13.0 Å². The van der Waals surface area contributed by atoms with Crippen LogP contribution in [0, 0.1) is 11.7 Å². The number of aromatic nitrogens is 1. The van der Waals surface area contributed by atoms with Gasteiger partial charge >= 0.3 is 6.09 Å². The number of carbonyl (C=O) groups excluding carboxylic acids is 1. The van der Waals surface area contributed by atoms with Gasteiger partial charge in [-0.1, -0.05) is 11.6 Å². The normalized spacial score (nSPS) is 22.0. The molecule has 0 spiro atoms. The maximum atomic E-state index is 13.4. The third-order valence-corrected chi connectivity index (χ3v) is 7.02. The second kappa shape index (κ2) is 7.70. The largest absolute Gasteiger partial charge is 0.489 e. The number of fused-ring (bicyclic) bond motifs is 2. The highest BCUT2D eigenvalue weighted by atomic mass is 35.5. The molecule has 3 N–H and O–H groups in total. The highest BCUT2D eigenvalue weighted by Gasteiger charge is 2.42. The fraction of sp³-hybridized carbons (Fsp3) is 0.333.